The Labute approximate surface area is 110 Å². The van der Waals surface area contributed by atoms with Crippen LogP contribution in [0.25, 0.3) is 0 Å². The molecule has 0 saturated heterocycles. The Bertz CT molecular complexity index is 290. The largest absolute Gasteiger partial charge is 0.310 e. The SMILES string of the molecule is Ic1cc(CNC2CCCCCC2)cs1. The van der Waals surface area contributed by atoms with Gasteiger partial charge in [-0.2, -0.15) is 0 Å². The molecule has 1 fully saturated rings. The minimum atomic E-state index is 0.769. The van der Waals surface area contributed by atoms with Gasteiger partial charge in [0.2, 0.25) is 0 Å². The Hall–Kier alpha value is 0.390. The third-order valence-corrected chi connectivity index (χ3v) is 4.91. The van der Waals surface area contributed by atoms with Gasteiger partial charge < -0.3 is 5.32 Å². The minimum absolute atomic E-state index is 0.769. The Balaban J connectivity index is 1.76. The smallest absolute Gasteiger partial charge is 0.0656 e. The lowest BCUT2D eigenvalue weighted by molar-refractivity contribution is 0.459. The molecule has 15 heavy (non-hydrogen) atoms. The standard InChI is InChI=1S/C12H18INS/c13-12-7-10(9-15-12)8-14-11-5-3-1-2-4-6-11/h7,9,11,14H,1-6,8H2. The quantitative estimate of drug-likeness (QED) is 0.646. The van der Waals surface area contributed by atoms with Crippen molar-refractivity contribution in [3.8, 4) is 0 Å². The zero-order chi connectivity index (χ0) is 10.5. The van der Waals surface area contributed by atoms with Gasteiger partial charge in [0.1, 0.15) is 0 Å². The molecule has 3 heteroatoms. The Kier molecular flexibility index (Phi) is 4.91. The van der Waals surface area contributed by atoms with Crippen LogP contribution < -0.4 is 5.32 Å². The van der Waals surface area contributed by atoms with Crippen LogP contribution in [0.15, 0.2) is 11.4 Å². The van der Waals surface area contributed by atoms with E-state index in [0.29, 0.717) is 0 Å². The number of hydrogen-bond acceptors (Lipinski definition) is 2. The van der Waals surface area contributed by atoms with Gasteiger partial charge in [-0.3, -0.25) is 0 Å². The summed E-state index contributed by atoms with van der Waals surface area (Å²) in [4.78, 5) is 0. The summed E-state index contributed by atoms with van der Waals surface area (Å²) in [6, 6.07) is 3.06. The second-order valence-corrected chi connectivity index (χ2v) is 7.13. The minimum Gasteiger partial charge on any atom is -0.310 e. The summed E-state index contributed by atoms with van der Waals surface area (Å²) in [6.45, 7) is 1.06. The van der Waals surface area contributed by atoms with Crippen LogP contribution in [0.3, 0.4) is 0 Å². The topological polar surface area (TPSA) is 12.0 Å². The van der Waals surface area contributed by atoms with Gasteiger partial charge in [-0.05, 0) is 52.4 Å². The molecule has 1 saturated carbocycles. The van der Waals surface area contributed by atoms with Crippen LogP contribution in [0.1, 0.15) is 44.1 Å². The average molecular weight is 335 g/mol. The fourth-order valence-corrected chi connectivity index (χ4v) is 3.60. The maximum absolute atomic E-state index is 3.69. The molecule has 0 aromatic carbocycles. The summed E-state index contributed by atoms with van der Waals surface area (Å²) in [5.74, 6) is 0. The summed E-state index contributed by atoms with van der Waals surface area (Å²) in [5.41, 5.74) is 1.45. The molecule has 0 spiro atoms. The monoisotopic (exact) mass is 335 g/mol. The van der Waals surface area contributed by atoms with Crippen LogP contribution in [-0.4, -0.2) is 6.04 Å². The highest BCUT2D eigenvalue weighted by Gasteiger charge is 2.11. The predicted molar refractivity (Wildman–Crippen MR) is 75.4 cm³/mol. The van der Waals surface area contributed by atoms with Crippen molar-refractivity contribution >= 4 is 33.9 Å². The first-order valence-corrected chi connectivity index (χ1v) is 7.77. The molecule has 84 valence electrons. The molecule has 1 aliphatic carbocycles. The van der Waals surface area contributed by atoms with Crippen molar-refractivity contribution in [2.75, 3.05) is 0 Å². The molecule has 1 aromatic rings. The first-order chi connectivity index (χ1) is 7.34. The first-order valence-electron chi connectivity index (χ1n) is 5.81. The van der Waals surface area contributed by atoms with Crippen LogP contribution in [0.5, 0.6) is 0 Å². The number of thiophene rings is 1. The Morgan fingerprint density at radius 1 is 1.27 bits per heavy atom. The second-order valence-electron chi connectivity index (χ2n) is 4.33. The molecule has 0 radical (unpaired) electrons. The van der Waals surface area contributed by atoms with Crippen molar-refractivity contribution in [2.45, 2.75) is 51.1 Å². The molecule has 0 atom stereocenters. The molecular formula is C12H18INS. The number of hydrogen-bond donors (Lipinski definition) is 1. The van der Waals surface area contributed by atoms with E-state index in [2.05, 4.69) is 39.4 Å². The molecule has 0 aliphatic heterocycles. The molecule has 1 aliphatic rings. The lowest BCUT2D eigenvalue weighted by Gasteiger charge is -2.15. The van der Waals surface area contributed by atoms with E-state index in [9.17, 15) is 0 Å². The molecule has 0 amide bonds. The van der Waals surface area contributed by atoms with Crippen LogP contribution >= 0.6 is 33.9 Å². The van der Waals surface area contributed by atoms with Crippen molar-refractivity contribution in [1.82, 2.24) is 5.32 Å². The van der Waals surface area contributed by atoms with Crippen LogP contribution in [0.4, 0.5) is 0 Å². The van der Waals surface area contributed by atoms with Gasteiger partial charge in [-0.25, -0.2) is 0 Å². The van der Waals surface area contributed by atoms with E-state index in [-0.39, 0.29) is 0 Å². The highest BCUT2D eigenvalue weighted by Crippen LogP contribution is 2.19. The van der Waals surface area contributed by atoms with Crippen LogP contribution in [-0.2, 0) is 6.54 Å². The predicted octanol–water partition coefficient (Wildman–Crippen LogP) is 4.17. The molecule has 0 unspecified atom stereocenters. The van der Waals surface area contributed by atoms with Gasteiger partial charge in [0.15, 0.2) is 0 Å². The Morgan fingerprint density at radius 2 is 2.00 bits per heavy atom. The highest BCUT2D eigenvalue weighted by molar-refractivity contribution is 14.1. The molecule has 0 bridgehead atoms. The van der Waals surface area contributed by atoms with Crippen molar-refractivity contribution in [3.63, 3.8) is 0 Å². The van der Waals surface area contributed by atoms with Gasteiger partial charge in [0.25, 0.3) is 0 Å². The summed E-state index contributed by atoms with van der Waals surface area (Å²) in [7, 11) is 0. The van der Waals surface area contributed by atoms with Crippen molar-refractivity contribution < 1.29 is 0 Å². The second kappa shape index (κ2) is 6.21. The first kappa shape index (κ1) is 11.9. The highest BCUT2D eigenvalue weighted by atomic mass is 127. The zero-order valence-corrected chi connectivity index (χ0v) is 11.9. The fraction of sp³-hybridized carbons (Fsp3) is 0.667. The van der Waals surface area contributed by atoms with E-state index in [1.165, 1.54) is 47.0 Å². The van der Waals surface area contributed by atoms with E-state index < -0.39 is 0 Å². The summed E-state index contributed by atoms with van der Waals surface area (Å²) >= 11 is 4.23. The van der Waals surface area contributed by atoms with E-state index in [0.717, 1.165) is 12.6 Å². The fourth-order valence-electron chi connectivity index (χ4n) is 2.18. The van der Waals surface area contributed by atoms with E-state index in [1.54, 1.807) is 0 Å². The molecule has 2 rings (SSSR count). The van der Waals surface area contributed by atoms with Gasteiger partial charge in [0, 0.05) is 12.6 Å². The number of rotatable bonds is 3. The maximum atomic E-state index is 3.69. The van der Waals surface area contributed by atoms with Crippen molar-refractivity contribution in [3.05, 3.63) is 19.9 Å². The summed E-state index contributed by atoms with van der Waals surface area (Å²) in [5, 5.41) is 5.96. The van der Waals surface area contributed by atoms with Crippen molar-refractivity contribution in [2.24, 2.45) is 0 Å². The van der Waals surface area contributed by atoms with E-state index >= 15 is 0 Å². The Morgan fingerprint density at radius 3 is 2.60 bits per heavy atom. The average Bonchev–Trinajstić information content (AvgIpc) is 2.52. The lowest BCUT2D eigenvalue weighted by Crippen LogP contribution is -2.27. The molecular weight excluding hydrogens is 317 g/mol. The zero-order valence-electron chi connectivity index (χ0n) is 8.97. The van der Waals surface area contributed by atoms with E-state index in [1.807, 2.05) is 11.3 Å². The maximum Gasteiger partial charge on any atom is 0.0656 e. The molecule has 1 heterocycles. The van der Waals surface area contributed by atoms with Gasteiger partial charge >= 0.3 is 0 Å². The van der Waals surface area contributed by atoms with Gasteiger partial charge in [-0.1, -0.05) is 25.7 Å². The number of nitrogens with one attached hydrogen (secondary N) is 1. The molecule has 1 nitrogen and oxygen atoms in total. The van der Waals surface area contributed by atoms with Crippen LogP contribution in [0, 0.1) is 2.88 Å². The van der Waals surface area contributed by atoms with E-state index in [4.69, 9.17) is 0 Å². The normalized spacial score (nSPS) is 19.0. The van der Waals surface area contributed by atoms with Crippen molar-refractivity contribution in [1.29, 1.82) is 0 Å². The number of halogens is 1. The van der Waals surface area contributed by atoms with Gasteiger partial charge in [-0.15, -0.1) is 11.3 Å². The summed E-state index contributed by atoms with van der Waals surface area (Å²) < 4.78 is 1.39. The van der Waals surface area contributed by atoms with Gasteiger partial charge in [0.05, 0.1) is 2.88 Å². The summed E-state index contributed by atoms with van der Waals surface area (Å²) in [6.07, 6.45) is 8.46. The third kappa shape index (κ3) is 4.04. The van der Waals surface area contributed by atoms with Crippen LogP contribution in [0.2, 0.25) is 0 Å². The molecule has 1 N–H and O–H groups in total. The lowest BCUT2D eigenvalue weighted by atomic mass is 10.1. The molecule has 1 aromatic heterocycles. The third-order valence-electron chi connectivity index (χ3n) is 3.07.